The molecule has 0 saturated carbocycles. The maximum absolute atomic E-state index is 14.0. The van der Waals surface area contributed by atoms with Gasteiger partial charge in [-0.1, -0.05) is 84.9 Å². The Balaban J connectivity index is 2.21. The molecule has 26 heavy (non-hydrogen) atoms. The van der Waals surface area contributed by atoms with Gasteiger partial charge in [0.05, 0.1) is 5.56 Å². The lowest BCUT2D eigenvalue weighted by Crippen LogP contribution is -2.08. The van der Waals surface area contributed by atoms with E-state index in [-0.39, 0.29) is 5.56 Å². The third-order valence-electron chi connectivity index (χ3n) is 4.48. The molecule has 4 aromatic rings. The first kappa shape index (κ1) is 16.4. The van der Waals surface area contributed by atoms with Crippen molar-refractivity contribution >= 4 is 10.8 Å². The van der Waals surface area contributed by atoms with Crippen LogP contribution in [0.25, 0.3) is 33.0 Å². The number of hydrogen-bond acceptors (Lipinski definition) is 0. The van der Waals surface area contributed by atoms with Crippen molar-refractivity contribution in [3.8, 4) is 22.3 Å². The molecule has 0 fully saturated rings. The lowest BCUT2D eigenvalue weighted by Gasteiger charge is -2.20. The fourth-order valence-corrected chi connectivity index (χ4v) is 3.38. The van der Waals surface area contributed by atoms with E-state index >= 15 is 0 Å². The average Bonchev–Trinajstić information content (AvgIpc) is 2.67. The van der Waals surface area contributed by atoms with Crippen LogP contribution in [0.15, 0.2) is 91.0 Å². The Morgan fingerprint density at radius 1 is 0.538 bits per heavy atom. The number of rotatable bonds is 2. The maximum Gasteiger partial charge on any atom is 0.417 e. The van der Waals surface area contributed by atoms with Gasteiger partial charge in [-0.15, -0.1) is 0 Å². The van der Waals surface area contributed by atoms with Crippen LogP contribution in [0.2, 0.25) is 0 Å². The van der Waals surface area contributed by atoms with Crippen LogP contribution in [0.4, 0.5) is 13.2 Å². The highest BCUT2D eigenvalue weighted by molar-refractivity contribution is 6.05. The first-order chi connectivity index (χ1) is 12.6. The molecule has 128 valence electrons. The summed E-state index contributed by atoms with van der Waals surface area (Å²) in [5, 5.41) is 1.39. The van der Waals surface area contributed by atoms with E-state index in [0.29, 0.717) is 16.5 Å². The summed E-state index contributed by atoms with van der Waals surface area (Å²) in [6, 6.07) is 26.5. The minimum atomic E-state index is -4.45. The number of hydrogen-bond donors (Lipinski definition) is 0. The van der Waals surface area contributed by atoms with Crippen molar-refractivity contribution in [2.75, 3.05) is 0 Å². The highest BCUT2D eigenvalue weighted by Crippen LogP contribution is 2.46. The second kappa shape index (κ2) is 6.34. The molecule has 0 nitrogen and oxygen atoms in total. The number of fused-ring (bicyclic) bond motifs is 1. The lowest BCUT2D eigenvalue weighted by atomic mass is 9.86. The number of benzene rings is 4. The fraction of sp³-hybridized carbons (Fsp3) is 0.0435. The summed E-state index contributed by atoms with van der Waals surface area (Å²) in [6.45, 7) is 0. The minimum absolute atomic E-state index is 0.225. The van der Waals surface area contributed by atoms with E-state index in [1.54, 1.807) is 42.5 Å². The van der Waals surface area contributed by atoms with E-state index in [4.69, 9.17) is 0 Å². The Bertz CT molecular complexity index is 1050. The molecule has 0 heterocycles. The molecule has 4 aromatic carbocycles. The summed E-state index contributed by atoms with van der Waals surface area (Å²) >= 11 is 0. The van der Waals surface area contributed by atoms with Gasteiger partial charge in [0.25, 0.3) is 0 Å². The van der Waals surface area contributed by atoms with E-state index in [1.807, 2.05) is 42.5 Å². The Morgan fingerprint density at radius 3 is 1.62 bits per heavy atom. The van der Waals surface area contributed by atoms with E-state index in [9.17, 15) is 13.2 Å². The Hall–Kier alpha value is -3.07. The van der Waals surface area contributed by atoms with Gasteiger partial charge in [0.2, 0.25) is 0 Å². The Labute approximate surface area is 149 Å². The van der Waals surface area contributed by atoms with Crippen molar-refractivity contribution in [3.63, 3.8) is 0 Å². The standard InChI is InChI=1S/C23H15F3/c24-23(25,26)20-15-18-13-7-8-14-19(18)21(16-9-3-1-4-10-16)22(20)17-11-5-2-6-12-17/h1-15H. The second-order valence-corrected chi connectivity index (χ2v) is 6.13. The van der Waals surface area contributed by atoms with Gasteiger partial charge in [-0.3, -0.25) is 0 Å². The normalized spacial score (nSPS) is 11.7. The molecule has 0 aliphatic carbocycles. The lowest BCUT2D eigenvalue weighted by molar-refractivity contribution is -0.136. The van der Waals surface area contributed by atoms with Gasteiger partial charge in [-0.25, -0.2) is 0 Å². The van der Waals surface area contributed by atoms with Crippen LogP contribution in [-0.4, -0.2) is 0 Å². The summed E-state index contributed by atoms with van der Waals surface area (Å²) in [4.78, 5) is 0. The third-order valence-corrected chi connectivity index (χ3v) is 4.48. The molecule has 0 saturated heterocycles. The highest BCUT2D eigenvalue weighted by atomic mass is 19.4. The maximum atomic E-state index is 14.0. The number of alkyl halides is 3. The van der Waals surface area contributed by atoms with Crippen LogP contribution in [0.1, 0.15) is 5.56 Å². The molecule has 0 aromatic heterocycles. The SMILES string of the molecule is FC(F)(F)c1cc2ccccc2c(-c2ccccc2)c1-c1ccccc1. The van der Waals surface area contributed by atoms with Gasteiger partial charge in [0.1, 0.15) is 0 Å². The Kier molecular flexibility index (Phi) is 4.00. The highest BCUT2D eigenvalue weighted by Gasteiger charge is 2.35. The van der Waals surface area contributed by atoms with E-state index < -0.39 is 11.7 Å². The van der Waals surface area contributed by atoms with Crippen molar-refractivity contribution in [2.45, 2.75) is 6.18 Å². The molecule has 0 radical (unpaired) electrons. The molecule has 0 unspecified atom stereocenters. The van der Waals surface area contributed by atoms with Gasteiger partial charge in [-0.05, 0) is 33.5 Å². The average molecular weight is 348 g/mol. The first-order valence-corrected chi connectivity index (χ1v) is 8.29. The van der Waals surface area contributed by atoms with Crippen molar-refractivity contribution < 1.29 is 13.2 Å². The molecule has 4 rings (SSSR count). The van der Waals surface area contributed by atoms with Crippen LogP contribution in [0.5, 0.6) is 0 Å². The van der Waals surface area contributed by atoms with E-state index in [0.717, 1.165) is 10.9 Å². The summed E-state index contributed by atoms with van der Waals surface area (Å²) in [5.41, 5.74) is 1.56. The van der Waals surface area contributed by atoms with Gasteiger partial charge in [0, 0.05) is 5.56 Å². The molecule has 0 aliphatic heterocycles. The summed E-state index contributed by atoms with van der Waals surface area (Å²) in [6.07, 6.45) is -4.45. The Morgan fingerprint density at radius 2 is 1.04 bits per heavy atom. The van der Waals surface area contributed by atoms with Crippen LogP contribution in [0, 0.1) is 0 Å². The zero-order valence-corrected chi connectivity index (χ0v) is 13.8. The molecule has 3 heteroatoms. The fourth-order valence-electron chi connectivity index (χ4n) is 3.38. The molecule has 0 spiro atoms. The van der Waals surface area contributed by atoms with Gasteiger partial charge >= 0.3 is 6.18 Å². The van der Waals surface area contributed by atoms with Crippen LogP contribution in [0.3, 0.4) is 0 Å². The van der Waals surface area contributed by atoms with Crippen molar-refractivity contribution in [1.82, 2.24) is 0 Å². The first-order valence-electron chi connectivity index (χ1n) is 8.29. The third kappa shape index (κ3) is 2.86. The molecule has 0 atom stereocenters. The summed E-state index contributed by atoms with van der Waals surface area (Å²) < 4.78 is 41.9. The van der Waals surface area contributed by atoms with Crippen molar-refractivity contribution in [1.29, 1.82) is 0 Å². The quantitative estimate of drug-likeness (QED) is 0.359. The summed E-state index contributed by atoms with van der Waals surface area (Å²) in [7, 11) is 0. The van der Waals surface area contributed by atoms with Gasteiger partial charge < -0.3 is 0 Å². The predicted molar refractivity (Wildman–Crippen MR) is 99.8 cm³/mol. The predicted octanol–water partition coefficient (Wildman–Crippen LogP) is 7.19. The zero-order valence-electron chi connectivity index (χ0n) is 13.8. The van der Waals surface area contributed by atoms with Crippen molar-refractivity contribution in [2.24, 2.45) is 0 Å². The van der Waals surface area contributed by atoms with Gasteiger partial charge in [0.15, 0.2) is 0 Å². The van der Waals surface area contributed by atoms with Gasteiger partial charge in [-0.2, -0.15) is 13.2 Å². The summed E-state index contributed by atoms with van der Waals surface area (Å²) in [5.74, 6) is 0. The molecule has 0 aliphatic rings. The largest absolute Gasteiger partial charge is 0.417 e. The monoisotopic (exact) mass is 348 g/mol. The van der Waals surface area contributed by atoms with Crippen LogP contribution in [-0.2, 0) is 6.18 Å². The number of halogens is 3. The van der Waals surface area contributed by atoms with E-state index in [1.165, 1.54) is 6.07 Å². The topological polar surface area (TPSA) is 0 Å². The minimum Gasteiger partial charge on any atom is -0.166 e. The zero-order chi connectivity index (χ0) is 18.1. The molecular formula is C23H15F3. The second-order valence-electron chi connectivity index (χ2n) is 6.13. The smallest absolute Gasteiger partial charge is 0.166 e. The van der Waals surface area contributed by atoms with Crippen molar-refractivity contribution in [3.05, 3.63) is 96.6 Å². The molecule has 0 bridgehead atoms. The molecule has 0 N–H and O–H groups in total. The van der Waals surface area contributed by atoms with Crippen LogP contribution >= 0.6 is 0 Å². The molecular weight excluding hydrogens is 333 g/mol. The molecule has 0 amide bonds. The van der Waals surface area contributed by atoms with Crippen LogP contribution < -0.4 is 0 Å². The van der Waals surface area contributed by atoms with E-state index in [2.05, 4.69) is 0 Å².